The van der Waals surface area contributed by atoms with E-state index >= 15 is 0 Å². The van der Waals surface area contributed by atoms with Gasteiger partial charge in [-0.1, -0.05) is 6.07 Å². The number of benzene rings is 1. The molecule has 1 amide bonds. The number of fused-ring (bicyclic) bond motifs is 1. The molecule has 1 unspecified atom stereocenters. The number of hydrogen-bond donors (Lipinski definition) is 1. The molecule has 1 aromatic carbocycles. The molecular formula is C16H16FNOS2. The number of thioether (sulfide) groups is 1. The van der Waals surface area contributed by atoms with E-state index in [1.54, 1.807) is 35.2 Å². The van der Waals surface area contributed by atoms with Crippen molar-refractivity contribution in [3.63, 3.8) is 0 Å². The first-order valence-electron chi connectivity index (χ1n) is 6.96. The first-order valence-corrected chi connectivity index (χ1v) is 8.83. The van der Waals surface area contributed by atoms with Crippen LogP contribution in [-0.2, 0) is 11.2 Å². The van der Waals surface area contributed by atoms with Gasteiger partial charge in [0.05, 0.1) is 6.04 Å². The Morgan fingerprint density at radius 2 is 2.29 bits per heavy atom. The van der Waals surface area contributed by atoms with Crippen molar-refractivity contribution in [2.45, 2.75) is 30.2 Å². The lowest BCUT2D eigenvalue weighted by molar-refractivity contribution is -0.121. The average Bonchev–Trinajstić information content (AvgIpc) is 2.99. The minimum absolute atomic E-state index is 0.0375. The number of hydrogen-bond acceptors (Lipinski definition) is 3. The second-order valence-corrected chi connectivity index (χ2v) is 7.19. The highest BCUT2D eigenvalue weighted by Crippen LogP contribution is 2.36. The fraction of sp³-hybridized carbons (Fsp3) is 0.312. The lowest BCUT2D eigenvalue weighted by atomic mass is 10.0. The van der Waals surface area contributed by atoms with E-state index in [0.29, 0.717) is 6.42 Å². The number of halogens is 1. The topological polar surface area (TPSA) is 29.1 Å². The number of aryl methyl sites for hydroxylation is 1. The van der Waals surface area contributed by atoms with Crippen LogP contribution in [-0.4, -0.2) is 11.7 Å². The second kappa shape index (κ2) is 6.62. The van der Waals surface area contributed by atoms with Crippen LogP contribution in [0.5, 0.6) is 0 Å². The zero-order valence-electron chi connectivity index (χ0n) is 11.5. The molecule has 0 radical (unpaired) electrons. The summed E-state index contributed by atoms with van der Waals surface area (Å²) in [5, 5.41) is 5.07. The van der Waals surface area contributed by atoms with Crippen molar-refractivity contribution in [3.05, 3.63) is 52.0 Å². The maximum absolute atomic E-state index is 13.4. The normalized spacial score (nSPS) is 17.3. The van der Waals surface area contributed by atoms with Crippen molar-refractivity contribution in [3.8, 4) is 0 Å². The van der Waals surface area contributed by atoms with Crippen LogP contribution in [0.2, 0.25) is 0 Å². The predicted octanol–water partition coefficient (Wildman–Crippen LogP) is 4.17. The van der Waals surface area contributed by atoms with Crippen molar-refractivity contribution >= 4 is 29.0 Å². The first kappa shape index (κ1) is 14.6. The summed E-state index contributed by atoms with van der Waals surface area (Å²) in [6.07, 6.45) is 2.10. The van der Waals surface area contributed by atoms with Gasteiger partial charge in [0.2, 0.25) is 5.91 Å². The predicted molar refractivity (Wildman–Crippen MR) is 85.3 cm³/mol. The molecule has 1 N–H and O–H groups in total. The quantitative estimate of drug-likeness (QED) is 0.915. The molecule has 0 saturated carbocycles. The van der Waals surface area contributed by atoms with Gasteiger partial charge in [0.25, 0.3) is 0 Å². The van der Waals surface area contributed by atoms with Crippen LogP contribution >= 0.6 is 23.1 Å². The van der Waals surface area contributed by atoms with Crippen LogP contribution in [0, 0.1) is 5.82 Å². The smallest absolute Gasteiger partial charge is 0.220 e. The Labute approximate surface area is 131 Å². The fourth-order valence-electron chi connectivity index (χ4n) is 2.47. The Hall–Kier alpha value is -1.33. The molecule has 1 aliphatic rings. The minimum atomic E-state index is -0.242. The van der Waals surface area contributed by atoms with Crippen molar-refractivity contribution in [1.29, 1.82) is 0 Å². The SMILES string of the molecule is O=C(CCc1cccs1)NC1CCSc2ccc(F)cc21. The third-order valence-corrected chi connectivity index (χ3v) is 5.58. The highest BCUT2D eigenvalue weighted by Gasteiger charge is 2.22. The van der Waals surface area contributed by atoms with E-state index in [0.717, 1.165) is 29.1 Å². The molecule has 0 aliphatic carbocycles. The summed E-state index contributed by atoms with van der Waals surface area (Å²) < 4.78 is 13.4. The zero-order valence-corrected chi connectivity index (χ0v) is 13.1. The van der Waals surface area contributed by atoms with E-state index in [1.807, 2.05) is 17.5 Å². The molecule has 0 bridgehead atoms. The van der Waals surface area contributed by atoms with E-state index in [4.69, 9.17) is 0 Å². The summed E-state index contributed by atoms with van der Waals surface area (Å²) in [5.41, 5.74) is 0.913. The van der Waals surface area contributed by atoms with E-state index < -0.39 is 0 Å². The molecule has 0 spiro atoms. The second-order valence-electron chi connectivity index (χ2n) is 5.02. The molecule has 0 fully saturated rings. The zero-order chi connectivity index (χ0) is 14.7. The molecular weight excluding hydrogens is 305 g/mol. The Balaban J connectivity index is 1.63. The summed E-state index contributed by atoms with van der Waals surface area (Å²) >= 11 is 3.39. The highest BCUT2D eigenvalue weighted by molar-refractivity contribution is 7.99. The molecule has 1 atom stereocenters. The standard InChI is InChI=1S/C16H16FNOS2/c17-11-3-5-15-13(10-11)14(7-9-21-15)18-16(19)6-4-12-2-1-8-20-12/h1-3,5,8,10,14H,4,6-7,9H2,(H,18,19). The minimum Gasteiger partial charge on any atom is -0.349 e. The molecule has 2 aromatic rings. The fourth-order valence-corrected chi connectivity index (χ4v) is 4.29. The first-order chi connectivity index (χ1) is 10.2. The number of carbonyl (C=O) groups is 1. The van der Waals surface area contributed by atoms with E-state index in [2.05, 4.69) is 5.32 Å². The molecule has 2 nitrogen and oxygen atoms in total. The van der Waals surface area contributed by atoms with Crippen LogP contribution in [0.4, 0.5) is 4.39 Å². The van der Waals surface area contributed by atoms with Gasteiger partial charge in [0.1, 0.15) is 5.82 Å². The molecule has 21 heavy (non-hydrogen) atoms. The number of nitrogens with one attached hydrogen (secondary N) is 1. The Bertz CT molecular complexity index is 627. The largest absolute Gasteiger partial charge is 0.349 e. The van der Waals surface area contributed by atoms with Gasteiger partial charge in [-0.25, -0.2) is 4.39 Å². The monoisotopic (exact) mass is 321 g/mol. The molecule has 1 aromatic heterocycles. The maximum atomic E-state index is 13.4. The van der Waals surface area contributed by atoms with Crippen molar-refractivity contribution in [1.82, 2.24) is 5.32 Å². The van der Waals surface area contributed by atoms with Gasteiger partial charge in [-0.05, 0) is 48.1 Å². The Morgan fingerprint density at radius 1 is 1.38 bits per heavy atom. The number of carbonyl (C=O) groups excluding carboxylic acids is 1. The number of amides is 1. The molecule has 5 heteroatoms. The molecule has 1 aliphatic heterocycles. The Kier molecular flexibility index (Phi) is 4.60. The molecule has 3 rings (SSSR count). The van der Waals surface area contributed by atoms with Gasteiger partial charge in [-0.2, -0.15) is 0 Å². The van der Waals surface area contributed by atoms with Crippen LogP contribution in [0.3, 0.4) is 0 Å². The van der Waals surface area contributed by atoms with Gasteiger partial charge in [0.15, 0.2) is 0 Å². The molecule has 0 saturated heterocycles. The van der Waals surface area contributed by atoms with Crippen LogP contribution < -0.4 is 5.32 Å². The third-order valence-electron chi connectivity index (χ3n) is 3.53. The van der Waals surface area contributed by atoms with E-state index in [-0.39, 0.29) is 17.8 Å². The third kappa shape index (κ3) is 3.66. The summed E-state index contributed by atoms with van der Waals surface area (Å²) in [6, 6.07) is 8.81. The van der Waals surface area contributed by atoms with E-state index in [1.165, 1.54) is 10.9 Å². The van der Waals surface area contributed by atoms with Gasteiger partial charge >= 0.3 is 0 Å². The van der Waals surface area contributed by atoms with Crippen molar-refractivity contribution < 1.29 is 9.18 Å². The van der Waals surface area contributed by atoms with Crippen molar-refractivity contribution in [2.75, 3.05) is 5.75 Å². The number of rotatable bonds is 4. The maximum Gasteiger partial charge on any atom is 0.220 e. The highest BCUT2D eigenvalue weighted by atomic mass is 32.2. The van der Waals surface area contributed by atoms with E-state index in [9.17, 15) is 9.18 Å². The van der Waals surface area contributed by atoms with Gasteiger partial charge < -0.3 is 5.32 Å². The van der Waals surface area contributed by atoms with Crippen LogP contribution in [0.15, 0.2) is 40.6 Å². The molecule has 110 valence electrons. The molecule has 2 heterocycles. The number of thiophene rings is 1. The average molecular weight is 321 g/mol. The van der Waals surface area contributed by atoms with Gasteiger partial charge in [0, 0.05) is 21.9 Å². The van der Waals surface area contributed by atoms with Crippen LogP contribution in [0.1, 0.15) is 29.3 Å². The summed E-state index contributed by atoms with van der Waals surface area (Å²) in [5.74, 6) is 0.749. The lowest BCUT2D eigenvalue weighted by Crippen LogP contribution is -2.30. The van der Waals surface area contributed by atoms with Gasteiger partial charge in [-0.3, -0.25) is 4.79 Å². The summed E-state index contributed by atoms with van der Waals surface area (Å²) in [7, 11) is 0. The van der Waals surface area contributed by atoms with Crippen LogP contribution in [0.25, 0.3) is 0 Å². The van der Waals surface area contributed by atoms with Crippen molar-refractivity contribution in [2.24, 2.45) is 0 Å². The summed E-state index contributed by atoms with van der Waals surface area (Å²) in [4.78, 5) is 14.4. The Morgan fingerprint density at radius 3 is 3.10 bits per heavy atom. The summed E-state index contributed by atoms with van der Waals surface area (Å²) in [6.45, 7) is 0. The van der Waals surface area contributed by atoms with Gasteiger partial charge in [-0.15, -0.1) is 23.1 Å². The lowest BCUT2D eigenvalue weighted by Gasteiger charge is -2.26.